The molecule has 6 heteroatoms. The third kappa shape index (κ3) is 3.72. The van der Waals surface area contributed by atoms with Gasteiger partial charge in [-0.15, -0.1) is 0 Å². The number of amides is 1. The van der Waals surface area contributed by atoms with E-state index in [1.54, 1.807) is 12.0 Å². The molecule has 0 N–H and O–H groups in total. The van der Waals surface area contributed by atoms with Gasteiger partial charge in [0.15, 0.2) is 5.43 Å². The molecule has 2 aromatic carbocycles. The van der Waals surface area contributed by atoms with E-state index >= 15 is 0 Å². The molecule has 31 heavy (non-hydrogen) atoms. The highest BCUT2D eigenvalue weighted by atomic mass is 16.5. The molecule has 0 spiro atoms. The molecule has 2 heterocycles. The highest BCUT2D eigenvalue weighted by Crippen LogP contribution is 2.38. The summed E-state index contributed by atoms with van der Waals surface area (Å²) in [4.78, 5) is 28.5. The number of fused-ring (bicyclic) bond motifs is 2. The van der Waals surface area contributed by atoms with Gasteiger partial charge in [-0.3, -0.25) is 9.59 Å². The van der Waals surface area contributed by atoms with Crippen molar-refractivity contribution in [2.75, 3.05) is 26.9 Å². The quantitative estimate of drug-likeness (QED) is 0.566. The number of carbonyl (C=O) groups excluding carboxylic acids is 1. The van der Waals surface area contributed by atoms with E-state index in [1.165, 1.54) is 0 Å². The fourth-order valence-electron chi connectivity index (χ4n) is 4.01. The van der Waals surface area contributed by atoms with Gasteiger partial charge >= 0.3 is 0 Å². The average Bonchev–Trinajstić information content (AvgIpc) is 3.04. The van der Waals surface area contributed by atoms with Crippen molar-refractivity contribution in [1.29, 1.82) is 0 Å². The smallest absolute Gasteiger partial charge is 0.290 e. The summed E-state index contributed by atoms with van der Waals surface area (Å²) < 4.78 is 16.9. The van der Waals surface area contributed by atoms with Crippen molar-refractivity contribution in [2.24, 2.45) is 0 Å². The predicted molar refractivity (Wildman–Crippen MR) is 119 cm³/mol. The standard InChI is InChI=1S/C25H27NO5/c1-5-11-30-18-8-6-17(7-9-18)22-21-23(27)19-13-15(2)16(3)14-20(19)31-24(21)25(28)26(22)10-12-29-4/h6-9,13-14,22H,5,10-12H2,1-4H3. The van der Waals surface area contributed by atoms with Crippen LogP contribution in [0.3, 0.4) is 0 Å². The molecule has 3 aromatic rings. The Balaban J connectivity index is 1.87. The van der Waals surface area contributed by atoms with Crippen molar-refractivity contribution in [3.63, 3.8) is 0 Å². The van der Waals surface area contributed by atoms with Crippen LogP contribution in [0.4, 0.5) is 0 Å². The lowest BCUT2D eigenvalue weighted by molar-refractivity contribution is 0.0663. The van der Waals surface area contributed by atoms with Crippen LogP contribution in [0.5, 0.6) is 5.75 Å². The summed E-state index contributed by atoms with van der Waals surface area (Å²) in [7, 11) is 1.59. The summed E-state index contributed by atoms with van der Waals surface area (Å²) >= 11 is 0. The summed E-state index contributed by atoms with van der Waals surface area (Å²) in [5.41, 5.74) is 3.52. The number of hydrogen-bond donors (Lipinski definition) is 0. The summed E-state index contributed by atoms with van der Waals surface area (Å²) in [6, 6.07) is 10.7. The van der Waals surface area contributed by atoms with E-state index in [4.69, 9.17) is 13.9 Å². The summed E-state index contributed by atoms with van der Waals surface area (Å²) in [5, 5.41) is 0.496. The Bertz CT molecular complexity index is 1180. The summed E-state index contributed by atoms with van der Waals surface area (Å²) in [6.07, 6.45) is 0.921. The molecular formula is C25H27NO5. The fourth-order valence-corrected chi connectivity index (χ4v) is 4.01. The Morgan fingerprint density at radius 2 is 1.74 bits per heavy atom. The minimum atomic E-state index is -0.528. The van der Waals surface area contributed by atoms with Crippen molar-refractivity contribution in [1.82, 2.24) is 4.90 Å². The molecule has 0 saturated carbocycles. The molecule has 4 rings (SSSR count). The number of ether oxygens (including phenoxy) is 2. The van der Waals surface area contributed by atoms with Crippen LogP contribution in [0.2, 0.25) is 0 Å². The molecule has 6 nitrogen and oxygen atoms in total. The predicted octanol–water partition coefficient (Wildman–Crippen LogP) is 4.39. The Kier molecular flexibility index (Phi) is 5.83. The van der Waals surface area contributed by atoms with Gasteiger partial charge in [0.2, 0.25) is 5.76 Å². The lowest BCUT2D eigenvalue weighted by atomic mass is 9.97. The van der Waals surface area contributed by atoms with Crippen LogP contribution in [0.15, 0.2) is 45.6 Å². The van der Waals surface area contributed by atoms with Crippen LogP contribution in [-0.4, -0.2) is 37.7 Å². The van der Waals surface area contributed by atoms with Crippen molar-refractivity contribution < 1.29 is 18.7 Å². The molecule has 1 unspecified atom stereocenters. The zero-order valence-electron chi connectivity index (χ0n) is 18.4. The van der Waals surface area contributed by atoms with Gasteiger partial charge in [-0.25, -0.2) is 0 Å². The van der Waals surface area contributed by atoms with Crippen molar-refractivity contribution in [3.8, 4) is 5.75 Å². The van der Waals surface area contributed by atoms with Crippen LogP contribution in [0.1, 0.15) is 52.2 Å². The van der Waals surface area contributed by atoms with Crippen molar-refractivity contribution in [2.45, 2.75) is 33.2 Å². The van der Waals surface area contributed by atoms with Gasteiger partial charge in [-0.1, -0.05) is 19.1 Å². The number of carbonyl (C=O) groups is 1. The molecule has 1 aliphatic heterocycles. The van der Waals surface area contributed by atoms with Gasteiger partial charge in [0.1, 0.15) is 11.3 Å². The van der Waals surface area contributed by atoms with Gasteiger partial charge < -0.3 is 18.8 Å². The minimum absolute atomic E-state index is 0.119. The van der Waals surface area contributed by atoms with Gasteiger partial charge in [-0.2, -0.15) is 0 Å². The second-order valence-corrected chi connectivity index (χ2v) is 7.92. The summed E-state index contributed by atoms with van der Waals surface area (Å²) in [5.74, 6) is 0.587. The zero-order chi connectivity index (χ0) is 22.1. The van der Waals surface area contributed by atoms with E-state index in [0.717, 1.165) is 28.9 Å². The number of benzene rings is 2. The minimum Gasteiger partial charge on any atom is -0.494 e. The number of hydrogen-bond acceptors (Lipinski definition) is 5. The largest absolute Gasteiger partial charge is 0.494 e. The van der Waals surface area contributed by atoms with Crippen molar-refractivity contribution in [3.05, 3.63) is 74.6 Å². The van der Waals surface area contributed by atoms with Gasteiger partial charge in [0.05, 0.1) is 30.2 Å². The molecule has 1 atom stereocenters. The number of nitrogens with zero attached hydrogens (tertiary/aromatic N) is 1. The highest BCUT2D eigenvalue weighted by molar-refractivity contribution is 5.99. The third-order valence-corrected chi connectivity index (χ3v) is 5.79. The SMILES string of the molecule is CCCOc1ccc(C2c3c(oc4cc(C)c(C)cc4c3=O)C(=O)N2CCOC)cc1. The number of methoxy groups -OCH3 is 1. The van der Waals surface area contributed by atoms with E-state index in [0.29, 0.717) is 36.3 Å². The Labute approximate surface area is 181 Å². The molecule has 0 fully saturated rings. The van der Waals surface area contributed by atoms with E-state index in [9.17, 15) is 9.59 Å². The Hall–Kier alpha value is -3.12. The van der Waals surface area contributed by atoms with Gasteiger partial charge in [0, 0.05) is 13.7 Å². The molecule has 0 saturated heterocycles. The molecule has 1 aromatic heterocycles. The van der Waals surface area contributed by atoms with E-state index in [1.807, 2.05) is 50.2 Å². The first-order valence-electron chi connectivity index (χ1n) is 10.6. The first-order valence-corrected chi connectivity index (χ1v) is 10.6. The third-order valence-electron chi connectivity index (χ3n) is 5.79. The maximum absolute atomic E-state index is 13.5. The van der Waals surface area contributed by atoms with Crippen LogP contribution in [0, 0.1) is 13.8 Å². The van der Waals surface area contributed by atoms with E-state index in [2.05, 4.69) is 6.92 Å². The highest BCUT2D eigenvalue weighted by Gasteiger charge is 2.42. The van der Waals surface area contributed by atoms with Gasteiger partial charge in [0.25, 0.3) is 5.91 Å². The van der Waals surface area contributed by atoms with Gasteiger partial charge in [-0.05, 0) is 61.2 Å². The normalized spacial score (nSPS) is 15.5. The average molecular weight is 421 g/mol. The van der Waals surface area contributed by atoms with Crippen LogP contribution in [-0.2, 0) is 4.74 Å². The molecule has 0 bridgehead atoms. The maximum atomic E-state index is 13.5. The van der Waals surface area contributed by atoms with Crippen LogP contribution in [0.25, 0.3) is 11.0 Å². The zero-order valence-corrected chi connectivity index (χ0v) is 18.4. The molecular weight excluding hydrogens is 394 g/mol. The van der Waals surface area contributed by atoms with Crippen LogP contribution >= 0.6 is 0 Å². The molecule has 0 aliphatic carbocycles. The maximum Gasteiger partial charge on any atom is 0.290 e. The molecule has 0 radical (unpaired) electrons. The topological polar surface area (TPSA) is 69.0 Å². The second-order valence-electron chi connectivity index (χ2n) is 7.92. The van der Waals surface area contributed by atoms with E-state index in [-0.39, 0.29) is 17.1 Å². The molecule has 1 amide bonds. The fraction of sp³-hybridized carbons (Fsp3) is 0.360. The molecule has 162 valence electrons. The lowest BCUT2D eigenvalue weighted by Crippen LogP contribution is -2.32. The number of aryl methyl sites for hydroxylation is 2. The van der Waals surface area contributed by atoms with Crippen LogP contribution < -0.4 is 10.2 Å². The number of rotatable bonds is 7. The molecule has 1 aliphatic rings. The second kappa shape index (κ2) is 8.55. The monoisotopic (exact) mass is 421 g/mol. The summed E-state index contributed by atoms with van der Waals surface area (Å²) in [6.45, 7) is 7.32. The Morgan fingerprint density at radius 1 is 1.03 bits per heavy atom. The van der Waals surface area contributed by atoms with Crippen molar-refractivity contribution >= 4 is 16.9 Å². The van der Waals surface area contributed by atoms with E-state index < -0.39 is 6.04 Å². The first-order chi connectivity index (χ1) is 15.0. The lowest BCUT2D eigenvalue weighted by Gasteiger charge is -2.25. The Morgan fingerprint density at radius 3 is 2.42 bits per heavy atom. The first kappa shape index (κ1) is 21.1.